The molecule has 2 bridgehead atoms. The number of fused-ring (bicyclic) bond motifs is 4. The van der Waals surface area contributed by atoms with Crippen LogP contribution in [-0.2, 0) is 6.42 Å². The molecule has 2 aromatic heterocycles. The Balaban J connectivity index is 1.12. The van der Waals surface area contributed by atoms with E-state index in [-0.39, 0.29) is 46.8 Å². The van der Waals surface area contributed by atoms with E-state index in [1.165, 1.54) is 28.9 Å². The maximum Gasteiger partial charge on any atom is 0.335 e. The number of amides is 2. The van der Waals surface area contributed by atoms with Gasteiger partial charge in [-0.2, -0.15) is 5.10 Å². The zero-order valence-electron chi connectivity index (χ0n) is 22.2. The second-order valence-electron chi connectivity index (χ2n) is 10.9. The Labute approximate surface area is 234 Å². The molecule has 1 aliphatic carbocycles. The van der Waals surface area contributed by atoms with Crippen molar-refractivity contribution in [1.82, 2.24) is 24.8 Å². The van der Waals surface area contributed by atoms with Gasteiger partial charge in [0, 0.05) is 37.0 Å². The van der Waals surface area contributed by atoms with E-state index in [9.17, 15) is 23.9 Å². The number of carboxylic acid groups (broad SMARTS) is 1. The van der Waals surface area contributed by atoms with Crippen LogP contribution in [0.3, 0.4) is 0 Å². The van der Waals surface area contributed by atoms with Crippen LogP contribution >= 0.6 is 0 Å². The topological polar surface area (TPSA) is 120 Å². The third kappa shape index (κ3) is 4.11. The van der Waals surface area contributed by atoms with E-state index in [1.807, 2.05) is 4.90 Å². The fraction of sp³-hybridized carbons (Fsp3) is 0.300. The second-order valence-corrected chi connectivity index (χ2v) is 10.9. The Morgan fingerprint density at radius 1 is 1.05 bits per heavy atom. The van der Waals surface area contributed by atoms with Gasteiger partial charge in [-0.05, 0) is 73.2 Å². The average molecular weight is 555 g/mol. The Morgan fingerprint density at radius 3 is 2.59 bits per heavy atom. The van der Waals surface area contributed by atoms with Gasteiger partial charge in [0.25, 0.3) is 11.8 Å². The van der Waals surface area contributed by atoms with Crippen molar-refractivity contribution in [2.24, 2.45) is 0 Å². The van der Waals surface area contributed by atoms with Gasteiger partial charge < -0.3 is 20.2 Å². The van der Waals surface area contributed by atoms with Crippen molar-refractivity contribution in [2.45, 2.75) is 44.3 Å². The monoisotopic (exact) mass is 554 g/mol. The molecule has 3 aliphatic rings. The summed E-state index contributed by atoms with van der Waals surface area (Å²) in [6.07, 6.45) is 3.66. The van der Waals surface area contributed by atoms with Crippen molar-refractivity contribution in [3.63, 3.8) is 0 Å². The summed E-state index contributed by atoms with van der Waals surface area (Å²) in [4.78, 5) is 47.4. The molecule has 0 spiro atoms. The fourth-order valence-corrected chi connectivity index (χ4v) is 6.69. The molecule has 0 unspecified atom stereocenters. The largest absolute Gasteiger partial charge is 0.478 e. The molecule has 2 aromatic carbocycles. The lowest BCUT2D eigenvalue weighted by molar-refractivity contribution is 0.0692. The Bertz CT molecular complexity index is 1740. The molecule has 0 saturated carbocycles. The maximum atomic E-state index is 13.7. The quantitative estimate of drug-likeness (QED) is 0.388. The van der Waals surface area contributed by atoms with Gasteiger partial charge >= 0.3 is 5.97 Å². The number of rotatable bonds is 5. The number of hydrogen-bond donors (Lipinski definition) is 2. The average Bonchev–Trinajstić information content (AvgIpc) is 3.76. The van der Waals surface area contributed by atoms with E-state index in [0.29, 0.717) is 31.6 Å². The van der Waals surface area contributed by atoms with Gasteiger partial charge in [0.1, 0.15) is 17.2 Å². The van der Waals surface area contributed by atoms with E-state index in [1.54, 1.807) is 37.3 Å². The summed E-state index contributed by atoms with van der Waals surface area (Å²) >= 11 is 0. The Morgan fingerprint density at radius 2 is 1.85 bits per heavy atom. The minimum absolute atomic E-state index is 0.00769. The summed E-state index contributed by atoms with van der Waals surface area (Å²) in [7, 11) is 0. The van der Waals surface area contributed by atoms with Crippen LogP contribution in [-0.4, -0.2) is 67.6 Å². The van der Waals surface area contributed by atoms with Gasteiger partial charge in [0.05, 0.1) is 23.8 Å². The Kier molecular flexibility index (Phi) is 5.77. The molecule has 10 nitrogen and oxygen atoms in total. The molecule has 11 heteroatoms. The number of nitrogens with one attached hydrogen (secondary N) is 1. The van der Waals surface area contributed by atoms with Crippen LogP contribution in [0, 0.1) is 12.7 Å². The first-order valence-corrected chi connectivity index (χ1v) is 13.6. The van der Waals surface area contributed by atoms with Gasteiger partial charge in [-0.15, -0.1) is 0 Å². The van der Waals surface area contributed by atoms with Crippen molar-refractivity contribution in [1.29, 1.82) is 0 Å². The zero-order valence-corrected chi connectivity index (χ0v) is 22.2. The van der Waals surface area contributed by atoms with Gasteiger partial charge in [0.15, 0.2) is 5.65 Å². The number of likely N-dealkylation sites (tertiary alicyclic amines) is 1. The van der Waals surface area contributed by atoms with E-state index in [2.05, 4.69) is 20.3 Å². The van der Waals surface area contributed by atoms with Gasteiger partial charge in [0.2, 0.25) is 0 Å². The number of halogens is 1. The summed E-state index contributed by atoms with van der Waals surface area (Å²) in [5, 5.41) is 16.8. The normalized spacial score (nSPS) is 21.0. The number of piperazine rings is 1. The molecule has 2 amide bonds. The molecule has 7 rings (SSSR count). The van der Waals surface area contributed by atoms with E-state index in [0.717, 1.165) is 28.8 Å². The number of aromatic carboxylic acids is 1. The number of aromatic nitrogens is 3. The molecule has 4 heterocycles. The lowest BCUT2D eigenvalue weighted by atomic mass is 9.98. The molecule has 2 fully saturated rings. The molecule has 41 heavy (non-hydrogen) atoms. The highest BCUT2D eigenvalue weighted by Crippen LogP contribution is 2.36. The predicted molar refractivity (Wildman–Crippen MR) is 147 cm³/mol. The minimum atomic E-state index is -0.970. The summed E-state index contributed by atoms with van der Waals surface area (Å²) in [5.74, 6) is -1.88. The third-order valence-electron chi connectivity index (χ3n) is 8.70. The molecule has 2 saturated heterocycles. The Hall–Kier alpha value is -4.80. The molecule has 2 N–H and O–H groups in total. The number of carboxylic acids is 1. The van der Waals surface area contributed by atoms with Crippen LogP contribution in [0.5, 0.6) is 0 Å². The third-order valence-corrected chi connectivity index (χ3v) is 8.70. The lowest BCUT2D eigenvalue weighted by Gasteiger charge is -2.35. The number of nitrogens with zero attached hydrogens (tertiary/aromatic N) is 5. The first kappa shape index (κ1) is 25.2. The summed E-state index contributed by atoms with van der Waals surface area (Å²) in [6.45, 7) is 2.96. The van der Waals surface area contributed by atoms with Crippen LogP contribution in [0.15, 0.2) is 54.7 Å². The van der Waals surface area contributed by atoms with Crippen molar-refractivity contribution >= 4 is 29.1 Å². The van der Waals surface area contributed by atoms with Crippen molar-refractivity contribution in [3.8, 4) is 0 Å². The van der Waals surface area contributed by atoms with Crippen LogP contribution in [0.1, 0.15) is 66.9 Å². The van der Waals surface area contributed by atoms with E-state index in [4.69, 9.17) is 0 Å². The maximum absolute atomic E-state index is 13.7. The van der Waals surface area contributed by atoms with Crippen LogP contribution in [0.2, 0.25) is 0 Å². The van der Waals surface area contributed by atoms with Crippen molar-refractivity contribution < 1.29 is 23.9 Å². The fourth-order valence-electron chi connectivity index (χ4n) is 6.69. The van der Waals surface area contributed by atoms with Crippen LogP contribution < -0.4 is 10.2 Å². The molecule has 4 aromatic rings. The molecule has 3 atom stereocenters. The lowest BCUT2D eigenvalue weighted by Crippen LogP contribution is -2.49. The van der Waals surface area contributed by atoms with Gasteiger partial charge in [-0.3, -0.25) is 9.59 Å². The molecular weight excluding hydrogens is 527 g/mol. The molecule has 208 valence electrons. The van der Waals surface area contributed by atoms with Gasteiger partial charge in [-0.1, -0.05) is 6.07 Å². The van der Waals surface area contributed by atoms with Crippen molar-refractivity contribution in [3.05, 3.63) is 94.2 Å². The minimum Gasteiger partial charge on any atom is -0.478 e. The highest BCUT2D eigenvalue weighted by atomic mass is 19.1. The highest BCUT2D eigenvalue weighted by molar-refractivity contribution is 5.99. The second kappa shape index (κ2) is 9.39. The number of hydrogen-bond acceptors (Lipinski definition) is 6. The summed E-state index contributed by atoms with van der Waals surface area (Å²) < 4.78 is 14.8. The summed E-state index contributed by atoms with van der Waals surface area (Å²) in [5.41, 5.74) is 4.55. The number of carbonyl (C=O) groups excluding carboxylic acids is 2. The molecule has 2 aliphatic heterocycles. The first-order chi connectivity index (χ1) is 19.8. The number of carbonyl (C=O) groups is 3. The van der Waals surface area contributed by atoms with Gasteiger partial charge in [-0.25, -0.2) is 18.7 Å². The molecular formula is C30H27FN6O4. The van der Waals surface area contributed by atoms with E-state index < -0.39 is 11.9 Å². The van der Waals surface area contributed by atoms with E-state index >= 15 is 0 Å². The first-order valence-electron chi connectivity index (χ1n) is 13.6. The van der Waals surface area contributed by atoms with Crippen molar-refractivity contribution in [2.75, 3.05) is 18.0 Å². The van der Waals surface area contributed by atoms with Crippen LogP contribution in [0.25, 0.3) is 5.65 Å². The van der Waals surface area contributed by atoms with Crippen LogP contribution in [0.4, 0.5) is 10.1 Å². The smallest absolute Gasteiger partial charge is 0.335 e. The zero-order chi connectivity index (χ0) is 28.4. The standard InChI is InChI=1S/C30H27FN6O4/c1-16-21-8-9-24(23(21)7-6-22(16)30(40)41)34-28(38)26-13-25(33-27-10-11-32-37(26)27)29(39)36-15-19-12-20(36)14-35(19)18-4-2-17(31)3-5-18/h2-7,10-11,13,19-20,24H,8-9,12,14-15H2,1H3,(H,34,38)(H,40,41)/t19-,20-,24-/m0/s1. The highest BCUT2D eigenvalue weighted by Gasteiger charge is 2.46. The SMILES string of the molecule is Cc1c(C(=O)O)ccc2c1CC[C@@H]2NC(=O)c1cc(C(=O)N2C[C@@H]3C[C@H]2CN3c2ccc(F)cc2)nc2ccnn12. The number of anilines is 1. The summed E-state index contributed by atoms with van der Waals surface area (Å²) in [6, 6.07) is 12.7. The predicted octanol–water partition coefficient (Wildman–Crippen LogP) is 3.40. The molecule has 0 radical (unpaired) electrons. The number of benzene rings is 2.